The lowest BCUT2D eigenvalue weighted by molar-refractivity contribution is -0.0498. The summed E-state index contributed by atoms with van der Waals surface area (Å²) >= 11 is 5.77. The summed E-state index contributed by atoms with van der Waals surface area (Å²) in [6.45, 7) is -2.79. The van der Waals surface area contributed by atoms with Gasteiger partial charge >= 0.3 is 6.61 Å². The highest BCUT2D eigenvalue weighted by Crippen LogP contribution is 2.25. The van der Waals surface area contributed by atoms with Crippen molar-refractivity contribution >= 4 is 23.5 Å². The molecule has 0 heterocycles. The van der Waals surface area contributed by atoms with Gasteiger partial charge in [0.1, 0.15) is 29.7 Å². The molecule has 0 aliphatic carbocycles. The van der Waals surface area contributed by atoms with E-state index in [0.717, 1.165) is 0 Å². The maximum atomic E-state index is 13.3. The highest BCUT2D eigenvalue weighted by molar-refractivity contribution is 6.30. The van der Waals surface area contributed by atoms with E-state index in [1.54, 1.807) is 24.3 Å². The number of hydrogen-bond donors (Lipinski definition) is 0. The van der Waals surface area contributed by atoms with Gasteiger partial charge in [-0.3, -0.25) is 4.79 Å². The van der Waals surface area contributed by atoms with E-state index >= 15 is 0 Å². The van der Waals surface area contributed by atoms with E-state index in [2.05, 4.69) is 4.74 Å². The van der Waals surface area contributed by atoms with Crippen LogP contribution in [0.25, 0.3) is 6.08 Å². The Morgan fingerprint density at radius 2 is 1.75 bits per heavy atom. The third kappa shape index (κ3) is 6.28. The normalized spacial score (nSPS) is 11.1. The summed E-state index contributed by atoms with van der Waals surface area (Å²) in [6.07, 6.45) is 2.98. The molecule has 3 aromatic carbocycles. The molecule has 8 heteroatoms. The van der Waals surface area contributed by atoms with Gasteiger partial charge in [-0.15, -0.1) is 0 Å². The molecule has 0 bridgehead atoms. The molecule has 0 aliphatic heterocycles. The number of ether oxygens (including phenoxy) is 3. The summed E-state index contributed by atoms with van der Waals surface area (Å²) in [7, 11) is 1.52. The molecule has 166 valence electrons. The second-order valence-electron chi connectivity index (χ2n) is 6.54. The fourth-order valence-corrected chi connectivity index (χ4v) is 2.98. The fraction of sp³-hybridized carbons (Fsp3) is 0.125. The Morgan fingerprint density at radius 3 is 2.41 bits per heavy atom. The fourth-order valence-electron chi connectivity index (χ4n) is 2.81. The number of alkyl halides is 2. The van der Waals surface area contributed by atoms with E-state index in [0.29, 0.717) is 28.2 Å². The number of benzene rings is 3. The molecule has 0 aliphatic rings. The second kappa shape index (κ2) is 10.7. The van der Waals surface area contributed by atoms with Crippen LogP contribution in [-0.2, 0) is 6.61 Å². The number of carbonyl (C=O) groups is 1. The lowest BCUT2D eigenvalue weighted by atomic mass is 10.1. The predicted octanol–water partition coefficient (Wildman–Crippen LogP) is 6.56. The molecule has 3 rings (SSSR count). The molecule has 0 spiro atoms. The lowest BCUT2D eigenvalue weighted by Crippen LogP contribution is -2.02. The Balaban J connectivity index is 1.70. The summed E-state index contributed by atoms with van der Waals surface area (Å²) in [5.41, 5.74) is 1.75. The van der Waals surface area contributed by atoms with Crippen molar-refractivity contribution in [3.63, 3.8) is 0 Å². The number of carbonyl (C=O) groups excluding carboxylic acids is 1. The van der Waals surface area contributed by atoms with Crippen molar-refractivity contribution < 1.29 is 32.2 Å². The smallest absolute Gasteiger partial charge is 0.387 e. The van der Waals surface area contributed by atoms with Gasteiger partial charge in [0, 0.05) is 17.2 Å². The van der Waals surface area contributed by atoms with E-state index in [9.17, 15) is 18.0 Å². The number of rotatable bonds is 9. The molecule has 32 heavy (non-hydrogen) atoms. The zero-order chi connectivity index (χ0) is 23.1. The SMILES string of the molecule is COc1ccc(/C=C/C(=O)c2ccc(OC(F)F)cc2)cc1COc1ccc(F)c(Cl)c1. The van der Waals surface area contributed by atoms with Crippen LogP contribution in [0.15, 0.2) is 66.7 Å². The van der Waals surface area contributed by atoms with Crippen molar-refractivity contribution in [2.45, 2.75) is 13.2 Å². The molecule has 0 atom stereocenters. The quantitative estimate of drug-likeness (QED) is 0.267. The van der Waals surface area contributed by atoms with Crippen LogP contribution in [0.3, 0.4) is 0 Å². The van der Waals surface area contributed by atoms with Gasteiger partial charge in [-0.25, -0.2) is 4.39 Å². The monoisotopic (exact) mass is 462 g/mol. The number of halogens is 4. The Morgan fingerprint density at radius 1 is 1.03 bits per heavy atom. The Kier molecular flexibility index (Phi) is 7.78. The average molecular weight is 463 g/mol. The van der Waals surface area contributed by atoms with Gasteiger partial charge in [-0.05, 0) is 60.2 Å². The van der Waals surface area contributed by atoms with Gasteiger partial charge in [0.15, 0.2) is 5.78 Å². The standard InChI is InChI=1S/C24H18ClF3O4/c1-30-23-11-3-15(12-17(23)14-31-19-8-9-21(26)20(25)13-19)2-10-22(29)16-4-6-18(7-5-16)32-24(27)28/h2-13,24H,14H2,1H3/b10-2+. The Labute approximate surface area is 187 Å². The van der Waals surface area contributed by atoms with Crippen molar-refractivity contribution in [3.05, 3.63) is 94.3 Å². The van der Waals surface area contributed by atoms with E-state index in [4.69, 9.17) is 21.1 Å². The third-order valence-corrected chi connectivity index (χ3v) is 4.67. The largest absolute Gasteiger partial charge is 0.496 e. The molecule has 0 aromatic heterocycles. The summed E-state index contributed by atoms with van der Waals surface area (Å²) in [4.78, 5) is 12.4. The van der Waals surface area contributed by atoms with Crippen LogP contribution in [-0.4, -0.2) is 19.5 Å². The van der Waals surface area contributed by atoms with Crippen LogP contribution in [0.4, 0.5) is 13.2 Å². The summed E-state index contributed by atoms with van der Waals surface area (Å²) in [5.74, 6) is 0.112. The zero-order valence-electron chi connectivity index (χ0n) is 16.9. The molecule has 0 saturated carbocycles. The Bertz CT molecular complexity index is 1110. The summed E-state index contributed by atoms with van der Waals surface area (Å²) < 4.78 is 53.0. The van der Waals surface area contributed by atoms with E-state index in [-0.39, 0.29) is 23.2 Å². The van der Waals surface area contributed by atoms with Crippen molar-refractivity contribution in [2.24, 2.45) is 0 Å². The first-order chi connectivity index (χ1) is 15.4. The number of allylic oxidation sites excluding steroid dienone is 1. The van der Waals surface area contributed by atoms with Gasteiger partial charge < -0.3 is 14.2 Å². The molecule has 0 unspecified atom stereocenters. The summed E-state index contributed by atoms with van der Waals surface area (Å²) in [5, 5.41) is -0.0431. The van der Waals surface area contributed by atoms with Crippen molar-refractivity contribution in [2.75, 3.05) is 7.11 Å². The van der Waals surface area contributed by atoms with E-state index in [1.807, 2.05) is 0 Å². The van der Waals surface area contributed by atoms with Crippen LogP contribution in [0.5, 0.6) is 17.2 Å². The lowest BCUT2D eigenvalue weighted by Gasteiger charge is -2.11. The van der Waals surface area contributed by atoms with Crippen molar-refractivity contribution in [3.8, 4) is 17.2 Å². The highest BCUT2D eigenvalue weighted by atomic mass is 35.5. The maximum absolute atomic E-state index is 13.3. The summed E-state index contributed by atoms with van der Waals surface area (Å²) in [6, 6.07) is 14.8. The van der Waals surface area contributed by atoms with Gasteiger partial charge in [-0.1, -0.05) is 23.7 Å². The topological polar surface area (TPSA) is 44.8 Å². The van der Waals surface area contributed by atoms with Gasteiger partial charge in [0.25, 0.3) is 0 Å². The molecule has 0 fully saturated rings. The molecule has 4 nitrogen and oxygen atoms in total. The van der Waals surface area contributed by atoms with Gasteiger partial charge in [0.05, 0.1) is 12.1 Å². The van der Waals surface area contributed by atoms with E-state index < -0.39 is 12.4 Å². The zero-order valence-corrected chi connectivity index (χ0v) is 17.6. The van der Waals surface area contributed by atoms with Crippen molar-refractivity contribution in [1.82, 2.24) is 0 Å². The first kappa shape index (κ1) is 23.2. The first-order valence-electron chi connectivity index (χ1n) is 9.38. The van der Waals surface area contributed by atoms with Crippen LogP contribution in [0.2, 0.25) is 5.02 Å². The van der Waals surface area contributed by atoms with E-state index in [1.165, 1.54) is 55.7 Å². The first-order valence-corrected chi connectivity index (χ1v) is 9.75. The third-order valence-electron chi connectivity index (χ3n) is 4.38. The number of hydrogen-bond acceptors (Lipinski definition) is 4. The number of ketones is 1. The molecule has 0 saturated heterocycles. The van der Waals surface area contributed by atoms with Crippen LogP contribution < -0.4 is 14.2 Å². The van der Waals surface area contributed by atoms with Crippen LogP contribution in [0.1, 0.15) is 21.5 Å². The molecular weight excluding hydrogens is 445 g/mol. The van der Waals surface area contributed by atoms with Crippen LogP contribution in [0, 0.1) is 5.82 Å². The predicted molar refractivity (Wildman–Crippen MR) is 115 cm³/mol. The molecule has 0 N–H and O–H groups in total. The minimum absolute atomic E-state index is 0.0252. The average Bonchev–Trinajstić information content (AvgIpc) is 2.78. The molecular formula is C24H18ClF3O4. The molecule has 0 radical (unpaired) electrons. The minimum Gasteiger partial charge on any atom is -0.496 e. The molecule has 3 aromatic rings. The highest BCUT2D eigenvalue weighted by Gasteiger charge is 2.09. The van der Waals surface area contributed by atoms with Gasteiger partial charge in [-0.2, -0.15) is 8.78 Å². The van der Waals surface area contributed by atoms with Gasteiger partial charge in [0.2, 0.25) is 0 Å². The Hall–Kier alpha value is -3.45. The minimum atomic E-state index is -2.93. The van der Waals surface area contributed by atoms with Crippen molar-refractivity contribution in [1.29, 1.82) is 0 Å². The van der Waals surface area contributed by atoms with Crippen LogP contribution >= 0.6 is 11.6 Å². The number of methoxy groups -OCH3 is 1. The maximum Gasteiger partial charge on any atom is 0.387 e. The molecule has 0 amide bonds. The second-order valence-corrected chi connectivity index (χ2v) is 6.94.